The van der Waals surface area contributed by atoms with Crippen LogP contribution < -0.4 is 0 Å². The van der Waals surface area contributed by atoms with Crippen molar-refractivity contribution in [1.82, 2.24) is 0 Å². The van der Waals surface area contributed by atoms with E-state index < -0.39 is 0 Å². The molecular formula is C2H2IN3. The standard InChI is InChI=1S/C2H2IN3/c1-4-2-6-3-5-1/h1-2H. The molecule has 0 N–H and O–H groups in total. The van der Waals surface area contributed by atoms with Crippen molar-refractivity contribution in [1.29, 1.82) is 0 Å². The molecule has 0 atom stereocenters. The molecule has 0 bridgehead atoms. The third-order valence-electron chi connectivity index (χ3n) is 0.308. The molecule has 3 nitrogen and oxygen atoms in total. The molecule has 0 saturated carbocycles. The van der Waals surface area contributed by atoms with Crippen LogP contribution in [0.4, 0.5) is 0 Å². The van der Waals surface area contributed by atoms with Crippen molar-refractivity contribution in [3.8, 4) is 0 Å². The summed E-state index contributed by atoms with van der Waals surface area (Å²) in [6, 6.07) is 0. The van der Waals surface area contributed by atoms with Gasteiger partial charge in [0.05, 0.1) is 0 Å². The normalized spacial score (nSPS) is 17.3. The van der Waals surface area contributed by atoms with E-state index >= 15 is 0 Å². The Kier molecular flexibility index (Phi) is 1.43. The van der Waals surface area contributed by atoms with Crippen molar-refractivity contribution < 1.29 is 0 Å². The van der Waals surface area contributed by atoms with Crippen molar-refractivity contribution in [3.63, 3.8) is 0 Å². The van der Waals surface area contributed by atoms with Gasteiger partial charge in [-0.1, -0.05) is 0 Å². The molecule has 0 saturated heterocycles. The molecule has 0 aliphatic carbocycles. The Hall–Kier alpha value is -0.130. The lowest BCUT2D eigenvalue weighted by Crippen LogP contribution is -1.65. The van der Waals surface area contributed by atoms with Crippen LogP contribution in [0.2, 0.25) is 0 Å². The maximum Gasteiger partial charge on any atom is 0.145 e. The highest BCUT2D eigenvalue weighted by Gasteiger charge is 1.68. The van der Waals surface area contributed by atoms with Gasteiger partial charge in [0.1, 0.15) is 34.0 Å². The molecule has 0 unspecified atom stereocenters. The lowest BCUT2D eigenvalue weighted by molar-refractivity contribution is 1.72. The van der Waals surface area contributed by atoms with E-state index in [0.717, 1.165) is 0 Å². The largest absolute Gasteiger partial charge is 0.224 e. The summed E-state index contributed by atoms with van der Waals surface area (Å²) in [6.07, 6.45) is 3.08. The lowest BCUT2D eigenvalue weighted by atomic mass is 11.2. The molecular weight excluding hydrogens is 193 g/mol. The van der Waals surface area contributed by atoms with E-state index in [2.05, 4.69) is 11.3 Å². The summed E-state index contributed by atoms with van der Waals surface area (Å²) in [5.74, 6) is 0. The van der Waals surface area contributed by atoms with E-state index in [4.69, 9.17) is 0 Å². The number of hydrogen-bond acceptors (Lipinski definition) is 3. The van der Waals surface area contributed by atoms with Gasteiger partial charge in [-0.15, -0.1) is 0 Å². The third kappa shape index (κ3) is 0.925. The second-order valence-electron chi connectivity index (χ2n) is 0.651. The molecule has 4 heteroatoms. The summed E-state index contributed by atoms with van der Waals surface area (Å²) in [6.45, 7) is 0. The number of aliphatic imine (C=N–C) groups is 1. The minimum atomic E-state index is -0.240. The van der Waals surface area contributed by atoms with E-state index in [1.807, 2.05) is 0 Å². The maximum absolute atomic E-state index is 3.80. The van der Waals surface area contributed by atoms with Crippen molar-refractivity contribution >= 4 is 34.0 Å². The molecule has 0 fully saturated rings. The minimum absolute atomic E-state index is 0.240. The average molecular weight is 195 g/mol. The van der Waals surface area contributed by atoms with E-state index in [1.165, 1.54) is 0 Å². The zero-order chi connectivity index (χ0) is 4.24. The van der Waals surface area contributed by atoms with Gasteiger partial charge < -0.3 is 0 Å². The average Bonchev–Trinajstić information content (AvgIpc) is 1.72. The Bertz CT molecular complexity index is 78.2. The predicted octanol–water partition coefficient (Wildman–Crippen LogP) is 1.13. The van der Waals surface area contributed by atoms with Crippen LogP contribution in [-0.4, -0.2) is 12.7 Å². The lowest BCUT2D eigenvalue weighted by Gasteiger charge is -1.75. The van der Waals surface area contributed by atoms with Gasteiger partial charge in [-0.3, -0.25) is 0 Å². The number of hydrogen-bond donors (Lipinski definition) is 0. The summed E-state index contributed by atoms with van der Waals surface area (Å²) in [7, 11) is 0. The van der Waals surface area contributed by atoms with Crippen LogP contribution in [-0.2, 0) is 0 Å². The van der Waals surface area contributed by atoms with Crippen molar-refractivity contribution in [2.75, 3.05) is 0 Å². The van der Waals surface area contributed by atoms with Crippen LogP contribution in [0.3, 0.4) is 0 Å². The first-order valence-electron chi connectivity index (χ1n) is 1.37. The number of nitrogens with zero attached hydrogens (tertiary/aromatic N) is 3. The molecule has 0 radical (unpaired) electrons. The van der Waals surface area contributed by atoms with Gasteiger partial charge in [-0.05, 0) is 0 Å². The van der Waals surface area contributed by atoms with Gasteiger partial charge in [0.15, 0.2) is 0 Å². The van der Waals surface area contributed by atoms with Crippen LogP contribution in [0.5, 0.6) is 0 Å². The summed E-state index contributed by atoms with van der Waals surface area (Å²) in [5.41, 5.74) is 0. The Labute approximate surface area is 45.7 Å². The molecule has 0 aromatic rings. The van der Waals surface area contributed by atoms with Crippen molar-refractivity contribution in [3.05, 3.63) is 0 Å². The predicted molar refractivity (Wildman–Crippen MR) is 33.4 cm³/mol. The Morgan fingerprint density at radius 1 is 1.33 bits per heavy atom. The highest BCUT2D eigenvalue weighted by atomic mass is 127. The molecule has 1 aliphatic rings. The molecule has 32 valence electrons. The SMILES string of the molecule is C1=NC=NI=N1. The zero-order valence-corrected chi connectivity index (χ0v) is 5.03. The Morgan fingerprint density at radius 3 is 2.50 bits per heavy atom. The first-order chi connectivity index (χ1) is 3.00. The highest BCUT2D eigenvalue weighted by Crippen LogP contribution is 2.00. The Morgan fingerprint density at radius 2 is 2.33 bits per heavy atom. The molecule has 0 aromatic carbocycles. The molecule has 0 amide bonds. The van der Waals surface area contributed by atoms with Gasteiger partial charge in [-0.2, -0.15) is 6.35 Å². The molecule has 1 rings (SSSR count). The van der Waals surface area contributed by atoms with Crippen LogP contribution in [0.1, 0.15) is 0 Å². The summed E-state index contributed by atoms with van der Waals surface area (Å²) in [4.78, 5) is 3.62. The van der Waals surface area contributed by atoms with Crippen molar-refractivity contribution in [2.45, 2.75) is 0 Å². The third-order valence-corrected chi connectivity index (χ3v) is 1.30. The molecule has 1 heterocycles. The van der Waals surface area contributed by atoms with E-state index in [1.54, 1.807) is 12.7 Å². The van der Waals surface area contributed by atoms with Crippen LogP contribution >= 0.6 is 21.3 Å². The molecule has 0 aromatic heterocycles. The van der Waals surface area contributed by atoms with E-state index in [9.17, 15) is 0 Å². The summed E-state index contributed by atoms with van der Waals surface area (Å²) >= 11 is -0.240. The van der Waals surface area contributed by atoms with E-state index in [-0.39, 0.29) is 21.3 Å². The smallest absolute Gasteiger partial charge is 0.145 e. The van der Waals surface area contributed by atoms with Gasteiger partial charge in [0.2, 0.25) is 0 Å². The fraction of sp³-hybridized carbons (Fsp3) is 0. The fourth-order valence-electron chi connectivity index (χ4n) is 0.144. The second kappa shape index (κ2) is 2.12. The first kappa shape index (κ1) is 4.04. The van der Waals surface area contributed by atoms with Crippen LogP contribution in [0.25, 0.3) is 0 Å². The van der Waals surface area contributed by atoms with Crippen LogP contribution in [0.15, 0.2) is 11.3 Å². The maximum atomic E-state index is 3.80. The van der Waals surface area contributed by atoms with Gasteiger partial charge >= 0.3 is 0 Å². The monoisotopic (exact) mass is 195 g/mol. The Balaban J connectivity index is 2.77. The minimum Gasteiger partial charge on any atom is -0.224 e. The first-order valence-corrected chi connectivity index (χ1v) is 3.30. The molecule has 0 spiro atoms. The van der Waals surface area contributed by atoms with E-state index in [0.29, 0.717) is 0 Å². The van der Waals surface area contributed by atoms with Crippen molar-refractivity contribution in [2.24, 2.45) is 11.3 Å². The summed E-state index contributed by atoms with van der Waals surface area (Å²) < 4.78 is 7.60. The summed E-state index contributed by atoms with van der Waals surface area (Å²) in [5, 5.41) is 0. The fourth-order valence-corrected chi connectivity index (χ4v) is 0.799. The quantitative estimate of drug-likeness (QED) is 0.519. The van der Waals surface area contributed by atoms with Gasteiger partial charge in [0, 0.05) is 0 Å². The topological polar surface area (TPSA) is 37.1 Å². The second-order valence-corrected chi connectivity index (χ2v) is 2.20. The molecule has 1 aliphatic heterocycles. The molecule has 6 heavy (non-hydrogen) atoms. The highest BCUT2D eigenvalue weighted by molar-refractivity contribution is 14.1. The zero-order valence-electron chi connectivity index (χ0n) is 2.87. The van der Waals surface area contributed by atoms with Crippen LogP contribution in [0, 0.1) is 0 Å². The van der Waals surface area contributed by atoms with Gasteiger partial charge in [-0.25, -0.2) is 4.99 Å². The number of rotatable bonds is 0. The van der Waals surface area contributed by atoms with Gasteiger partial charge in [0.25, 0.3) is 0 Å². The number of halogens is 1.